The van der Waals surface area contributed by atoms with Gasteiger partial charge in [0.15, 0.2) is 17.9 Å². The maximum absolute atomic E-state index is 14.4. The quantitative estimate of drug-likeness (QED) is 0.0166. The number of aliphatic imine (C=N–C) groups is 3. The van der Waals surface area contributed by atoms with E-state index < -0.39 is 126 Å². The van der Waals surface area contributed by atoms with Crippen LogP contribution in [0.5, 0.6) is 0 Å². The highest BCUT2D eigenvalue weighted by Gasteiger charge is 2.35. The highest BCUT2D eigenvalue weighted by molar-refractivity contribution is 5.99. The molecule has 31 nitrogen and oxygen atoms in total. The fraction of sp³-hybridized carbons (Fsp3) is 0.612. The molecule has 0 radical (unpaired) electrons. The Morgan fingerprint density at radius 1 is 0.438 bits per heavy atom. The smallest absolute Gasteiger partial charge is 0.245 e. The third kappa shape index (κ3) is 28.9. The van der Waals surface area contributed by atoms with Crippen LogP contribution in [0.2, 0.25) is 0 Å². The molecular formula is C49H86N20O11. The third-order valence-corrected chi connectivity index (χ3v) is 11.6. The fourth-order valence-electron chi connectivity index (χ4n) is 7.61. The largest absolute Gasteiger partial charge is 0.394 e. The summed E-state index contributed by atoms with van der Waals surface area (Å²) >= 11 is 0. The number of nitrogens with one attached hydrogen (secondary N) is 8. The number of aliphatic hydroxyl groups is 1. The molecule has 0 heterocycles. The zero-order valence-electron chi connectivity index (χ0n) is 46.2. The van der Waals surface area contributed by atoms with Crippen LogP contribution in [0.15, 0.2) is 45.3 Å². The van der Waals surface area contributed by atoms with Gasteiger partial charge in [-0.25, -0.2) is 0 Å². The van der Waals surface area contributed by atoms with E-state index in [0.29, 0.717) is 5.56 Å². The van der Waals surface area contributed by atoms with Gasteiger partial charge in [0.05, 0.1) is 19.1 Å². The molecule has 0 unspecified atom stereocenters. The molecule has 0 saturated carbocycles. The number of nitrogens with two attached hydrogens (primary N) is 9. The molecule has 80 heavy (non-hydrogen) atoms. The van der Waals surface area contributed by atoms with E-state index in [1.165, 1.54) is 6.92 Å². The van der Waals surface area contributed by atoms with Crippen molar-refractivity contribution in [1.29, 1.82) is 0 Å². The Morgan fingerprint density at radius 2 is 0.750 bits per heavy atom. The second-order valence-corrected chi connectivity index (χ2v) is 19.8. The second-order valence-electron chi connectivity index (χ2n) is 19.8. The van der Waals surface area contributed by atoms with Crippen molar-refractivity contribution in [2.45, 2.75) is 153 Å². The van der Waals surface area contributed by atoms with Crippen molar-refractivity contribution >= 4 is 77.0 Å². The SMILES string of the molecule is CC(C)C[C@H](NC(=O)[C@H](CCCN=C(N)N)NC(=O)[C@H](CC(C)C)NC(=O)[C@H](CO)NC(=O)[C@H](CCCN=C(N)N)NC(=O)[C@H](CC(N)=O)NC(=O)[C@H](C)N)C(=O)N[C@@H](CCCN=C(N)N)C(=O)N[C@@H](Cc1ccccc1)C(N)=O. The van der Waals surface area contributed by atoms with Crippen LogP contribution in [-0.4, -0.2) is 163 Å². The van der Waals surface area contributed by atoms with Crippen molar-refractivity contribution < 1.29 is 53.1 Å². The molecule has 448 valence electrons. The Bertz CT molecular complexity index is 2310. The van der Waals surface area contributed by atoms with Gasteiger partial charge in [-0.2, -0.15) is 0 Å². The van der Waals surface area contributed by atoms with Gasteiger partial charge in [-0.1, -0.05) is 58.0 Å². The number of aliphatic hydroxyl groups excluding tert-OH is 1. The molecule has 9 atom stereocenters. The van der Waals surface area contributed by atoms with Crippen LogP contribution >= 0.6 is 0 Å². The summed E-state index contributed by atoms with van der Waals surface area (Å²) in [5, 5.41) is 30.6. The Kier molecular flexibility index (Phi) is 31.9. The number of hydrogen-bond acceptors (Lipinski definition) is 15. The number of hydrogen-bond donors (Lipinski definition) is 18. The molecule has 0 aliphatic carbocycles. The van der Waals surface area contributed by atoms with Crippen LogP contribution in [0.25, 0.3) is 0 Å². The molecule has 0 fully saturated rings. The van der Waals surface area contributed by atoms with E-state index in [-0.39, 0.29) is 107 Å². The Morgan fingerprint density at radius 3 is 1.07 bits per heavy atom. The zero-order chi connectivity index (χ0) is 60.6. The van der Waals surface area contributed by atoms with Crippen LogP contribution in [0.3, 0.4) is 0 Å². The molecule has 1 aromatic rings. The summed E-state index contributed by atoms with van der Waals surface area (Å²) in [5.74, 6) is -10.3. The Hall–Kier alpha value is -8.35. The maximum Gasteiger partial charge on any atom is 0.245 e. The van der Waals surface area contributed by atoms with E-state index >= 15 is 0 Å². The average Bonchev–Trinajstić information content (AvgIpc) is 3.36. The number of carbonyl (C=O) groups is 10. The van der Waals surface area contributed by atoms with Crippen LogP contribution in [-0.2, 0) is 54.4 Å². The Labute approximate surface area is 465 Å². The summed E-state index contributed by atoms with van der Waals surface area (Å²) in [6.45, 7) is 7.40. The lowest BCUT2D eigenvalue weighted by Gasteiger charge is -2.28. The first-order chi connectivity index (χ1) is 37.5. The minimum atomic E-state index is -1.75. The van der Waals surface area contributed by atoms with E-state index in [1.807, 2.05) is 0 Å². The van der Waals surface area contributed by atoms with Crippen molar-refractivity contribution in [3.8, 4) is 0 Å². The predicted molar refractivity (Wildman–Crippen MR) is 298 cm³/mol. The van der Waals surface area contributed by atoms with E-state index in [4.69, 9.17) is 51.6 Å². The highest BCUT2D eigenvalue weighted by atomic mass is 16.3. The first-order valence-electron chi connectivity index (χ1n) is 26.1. The Balaban J connectivity index is 3.56. The lowest BCUT2D eigenvalue weighted by molar-refractivity contribution is -0.136. The number of guanidine groups is 3. The summed E-state index contributed by atoms with van der Waals surface area (Å²) in [6.07, 6.45) is -0.563. The lowest BCUT2D eigenvalue weighted by Crippen LogP contribution is -2.61. The van der Waals surface area contributed by atoms with Crippen molar-refractivity contribution in [2.75, 3.05) is 26.2 Å². The number of rotatable bonds is 38. The monoisotopic (exact) mass is 1130 g/mol. The van der Waals surface area contributed by atoms with Gasteiger partial charge in [0.2, 0.25) is 59.1 Å². The highest BCUT2D eigenvalue weighted by Crippen LogP contribution is 2.12. The molecular weight excluding hydrogens is 1040 g/mol. The van der Waals surface area contributed by atoms with Gasteiger partial charge in [0.1, 0.15) is 48.3 Å². The second kappa shape index (κ2) is 36.7. The summed E-state index contributed by atoms with van der Waals surface area (Å²) in [4.78, 5) is 146. The van der Waals surface area contributed by atoms with E-state index in [9.17, 15) is 53.1 Å². The molecule has 1 aromatic carbocycles. The van der Waals surface area contributed by atoms with Gasteiger partial charge in [-0.05, 0) is 75.7 Å². The number of nitrogens with zero attached hydrogens (tertiary/aromatic N) is 3. The standard InChI is InChI=1S/C49H86N20O11/c1-25(2)20-33(43(77)62-29(14-9-17-59-47(53)54)40(74)65-32(38(52)72)22-28-12-7-6-8-13-28)67-41(75)30(15-10-18-60-48(55)56)63-44(78)34(21-26(3)4)68-46(80)36(24-70)69-42(76)31(16-11-19-61-49(57)58)64-45(79)35(23-37(51)71)66-39(73)27(5)50/h6-8,12-13,25-27,29-36,70H,9-11,14-24,50H2,1-5H3,(H2,51,71)(H2,52,72)(H,62,77)(H,63,78)(H,64,79)(H,65,74)(H,66,73)(H,67,75)(H,68,80)(H,69,76)(H4,53,54,59)(H4,55,56,60)(H4,57,58,61)/t27-,29-,30-,31-,32-,33-,34-,35-,36-/m0/s1. The van der Waals surface area contributed by atoms with Gasteiger partial charge >= 0.3 is 0 Å². The number of amides is 10. The van der Waals surface area contributed by atoms with Crippen LogP contribution in [0.4, 0.5) is 0 Å². The van der Waals surface area contributed by atoms with Crippen LogP contribution < -0.4 is 94.1 Å². The third-order valence-electron chi connectivity index (χ3n) is 11.6. The molecule has 0 spiro atoms. The summed E-state index contributed by atoms with van der Waals surface area (Å²) in [6, 6.07) is -3.73. The molecule has 0 aromatic heterocycles. The maximum atomic E-state index is 14.4. The summed E-state index contributed by atoms with van der Waals surface area (Å²) < 4.78 is 0. The molecule has 0 saturated heterocycles. The number of benzene rings is 1. The van der Waals surface area contributed by atoms with E-state index in [0.717, 1.165) is 0 Å². The molecule has 31 heteroatoms. The number of primary amides is 2. The zero-order valence-corrected chi connectivity index (χ0v) is 46.2. The molecule has 0 aliphatic rings. The van der Waals surface area contributed by atoms with Crippen molar-refractivity contribution in [1.82, 2.24) is 42.5 Å². The minimum Gasteiger partial charge on any atom is -0.394 e. The average molecular weight is 1130 g/mol. The molecule has 0 bridgehead atoms. The van der Waals surface area contributed by atoms with Crippen LogP contribution in [0, 0.1) is 11.8 Å². The van der Waals surface area contributed by atoms with E-state index in [2.05, 4.69) is 57.5 Å². The first-order valence-corrected chi connectivity index (χ1v) is 26.1. The number of carbonyl (C=O) groups excluding carboxylic acids is 10. The van der Waals surface area contributed by atoms with Crippen molar-refractivity contribution in [2.24, 2.45) is 78.4 Å². The van der Waals surface area contributed by atoms with Gasteiger partial charge in [0.25, 0.3) is 0 Å². The molecule has 10 amide bonds. The van der Waals surface area contributed by atoms with Crippen LogP contribution in [0.1, 0.15) is 98.0 Å². The lowest BCUT2D eigenvalue weighted by atomic mass is 10.00. The van der Waals surface area contributed by atoms with Crippen molar-refractivity contribution in [3.63, 3.8) is 0 Å². The van der Waals surface area contributed by atoms with Gasteiger partial charge in [-0.15, -0.1) is 0 Å². The summed E-state index contributed by atoms with van der Waals surface area (Å²) in [5.41, 5.74) is 50.2. The fourth-order valence-corrected chi connectivity index (χ4v) is 7.61. The molecule has 0 aliphatic heterocycles. The normalized spacial score (nSPS) is 14.3. The van der Waals surface area contributed by atoms with Crippen molar-refractivity contribution in [3.05, 3.63) is 35.9 Å². The topological polar surface area (TPSA) is 558 Å². The summed E-state index contributed by atoms with van der Waals surface area (Å²) in [7, 11) is 0. The molecule has 1 rings (SSSR count). The molecule has 27 N–H and O–H groups in total. The van der Waals surface area contributed by atoms with Gasteiger partial charge in [0, 0.05) is 26.1 Å². The minimum absolute atomic E-state index is 0.0121. The van der Waals surface area contributed by atoms with Gasteiger partial charge in [-0.3, -0.25) is 62.9 Å². The van der Waals surface area contributed by atoms with Gasteiger partial charge < -0.3 is 99.2 Å². The predicted octanol–water partition coefficient (Wildman–Crippen LogP) is -6.94. The van der Waals surface area contributed by atoms with E-state index in [1.54, 1.807) is 58.0 Å². The first kappa shape index (κ1) is 69.7.